The van der Waals surface area contributed by atoms with Crippen LogP contribution in [0.2, 0.25) is 0 Å². The van der Waals surface area contributed by atoms with E-state index in [0.717, 1.165) is 51.8 Å². The number of aliphatic carboxylic acids is 1. The standard InChI is InChI=1S/C29H35F4NO7.C24H27F4NO5.C17H15F3O4.C12H22FNO4.CH4.ClH.31H2/c1-27(2,3)41-26(37)34(6)22(17-28(4,5)30)24(35)39-23(25(36)38-18-20-10-8-7-9-11-20)16-19-12-14-21(15-13-19)40-29(31,32)33;1-23(2,25)14-19(29-3)21(30)33-20(22(31)32-15-17-7-5-4-6-8-17)13-16-9-11-18(12-10-16)34-24(26,27)28;18-17(19,20)24-14-8-6-12(7-9-14)10-15(21)16(22)23-11-13-4-2-1-3-5-13;1-11(2,3)18-10(17)14(6)8(9(15)16)7-12(4,5)13;;;;;;;;;;;;;;;;;;;;;;;;;;;;;;;;;/h7-15,22-23H,16-18H2,1-6H3;4-12,19-20,29H,13-15H2,1-3H3;1-9,15,21H,10-11H2;8H,7H2,1-6H3,(H,15,16);1H4;32*1H/t22-,23-;19-,20-;15-;8-;;;;;;;;;;;;;;;;;;;;;;;;;;;;;;;;;/m0010................................./s1/i;;;;1D;;30*1+1D;1+1. The molecule has 36 heteroatoms. The molecule has 0 aromatic heterocycles. The molecule has 6 aromatic carbocycles. The molecule has 2 amide bonds. The fourth-order valence-electron chi connectivity index (χ4n) is 9.87. The largest absolute Gasteiger partial charge is 0.573 e. The second kappa shape index (κ2) is 47.9. The van der Waals surface area contributed by atoms with Crippen LogP contribution in [0.3, 0.4) is 0 Å². The number of nitrogens with one attached hydrogen (secondary N) is 1. The summed E-state index contributed by atoms with van der Waals surface area (Å²) in [7, 11) is 5.24. The number of alkyl halides is 12. The molecule has 119 heavy (non-hydrogen) atoms. The van der Waals surface area contributed by atoms with Gasteiger partial charge in [0, 0.05) is 145 Å². The van der Waals surface area contributed by atoms with Crippen LogP contribution in [0, 0.1) is 0 Å². The summed E-state index contributed by atoms with van der Waals surface area (Å²) in [5.74, 6) is -7.08. The number of halogens is 13. The highest BCUT2D eigenvalue weighted by Gasteiger charge is 2.41. The van der Waals surface area contributed by atoms with Crippen LogP contribution in [-0.2, 0) is 101 Å². The summed E-state index contributed by atoms with van der Waals surface area (Å²) in [5.41, 5.74) is -3.56. The van der Waals surface area contributed by atoms with E-state index in [-0.39, 0.29) is 71.5 Å². The Morgan fingerprint density at radius 2 is 0.689 bits per heavy atom. The molecule has 6 atom stereocenters. The molecule has 6 rings (SSSR count). The number of carbonyl (C=O) groups is 8. The van der Waals surface area contributed by atoms with Crippen LogP contribution >= 0.6 is 12.4 Å². The number of esters is 5. The maximum Gasteiger partial charge on any atom is 0.573 e. The second-order valence-corrected chi connectivity index (χ2v) is 30.0. The number of carboxylic acid groups (broad SMARTS) is 1. The number of rotatable bonds is 32. The molecule has 0 heterocycles. The number of carbonyl (C=O) groups excluding carboxylic acids is 7. The van der Waals surface area contributed by atoms with Gasteiger partial charge in [0.2, 0.25) is 12.2 Å². The van der Waals surface area contributed by atoms with Crippen molar-refractivity contribution in [3.05, 3.63) is 197 Å². The van der Waals surface area contributed by atoms with Crippen LogP contribution in [0.25, 0.3) is 0 Å². The first-order valence-corrected chi connectivity index (χ1v) is 36.0. The Morgan fingerprint density at radius 1 is 0.412 bits per heavy atom. The molecule has 0 saturated carbocycles. The summed E-state index contributed by atoms with van der Waals surface area (Å²) in [5, 5.41) is 21.5. The molecule has 724 valence electrons. The van der Waals surface area contributed by atoms with Gasteiger partial charge in [0.15, 0.2) is 6.10 Å². The van der Waals surface area contributed by atoms with E-state index in [0.29, 0.717) is 27.8 Å². The lowest BCUT2D eigenvalue weighted by atomic mass is 10.00. The van der Waals surface area contributed by atoms with Gasteiger partial charge in [0.1, 0.15) is 83.4 Å². The average molecular weight is 1850 g/mol. The first-order chi connectivity index (χ1) is 84.9. The predicted molar refractivity (Wildman–Crippen MR) is 480 cm³/mol. The van der Waals surface area contributed by atoms with Gasteiger partial charge in [0.05, 0.1) is 0 Å². The Kier molecular flexibility index (Phi) is 25.9. The number of aliphatic hydroxyl groups excluding tert-OH is 1. The van der Waals surface area contributed by atoms with Crippen molar-refractivity contribution in [2.45, 2.75) is 233 Å². The summed E-state index contributed by atoms with van der Waals surface area (Å²) in [6.07, 6.45) is -22.0. The highest BCUT2D eigenvalue weighted by molar-refractivity contribution is 5.86. The zero-order valence-corrected chi connectivity index (χ0v) is 69.3. The molecule has 23 nitrogen and oxygen atoms in total. The van der Waals surface area contributed by atoms with E-state index >= 15 is 0 Å². The van der Waals surface area contributed by atoms with Crippen molar-refractivity contribution in [3.63, 3.8) is 0 Å². The SMILES string of the molecule is CN(C(=O)OC(C)(C)C)[C@@H](CC(C)(C)F)C(=O)O.CN(C(=O)OC(C)(C)C)[C@@H](CC(C)(C)F)C(=O)O[C@@H](Cc1ccc(OC(F)(F)F)cc1)C(=O)OCc1ccccc1.CN[C@@H](CC(C)(C)F)C(=O)O[C@@H](Cc1ccc(OC(F)(F)F)cc1)C(=O)OCc1ccccc1.Cl.O=C(OCc1ccccc1)[C@H](O)Cc1ccc(OC(F)(F)F)cc1.[2HH].[2H]C.[2H][2H].[2H][2H].[2H][2H].[2H][2H].[2H][2H].[2H][2H].[2H][2H].[2H][2H].[2H][2H].[2H][2H].[2H][2H].[2H][2H].[2H][2H].[2H][2H].[2H][2H].[2H][2H].[2H][2H].[2H][2H].[2H][2H].[2H][2H].[2H][2H].[2H][2H].[2H][2H].[2H][2H].[2H][2H].[2H][2H].[2H][2H].[2H][2H].[2H][2H].[2H][2H]. The molecule has 3 N–H and O–H groups in total. The van der Waals surface area contributed by atoms with Gasteiger partial charge >= 0.3 is 67.1 Å². The van der Waals surface area contributed by atoms with Crippen molar-refractivity contribution in [2.75, 3.05) is 21.1 Å². The quantitative estimate of drug-likeness (QED) is 0.0201. The van der Waals surface area contributed by atoms with Crippen LogP contribution < -0.4 is 19.5 Å². The summed E-state index contributed by atoms with van der Waals surface area (Å²) >= 11 is 0. The number of likely N-dealkylation sites (N-methyl/N-ethyl adjacent to an activating group) is 3. The van der Waals surface area contributed by atoms with Gasteiger partial charge in [-0.25, -0.2) is 46.7 Å². The summed E-state index contributed by atoms with van der Waals surface area (Å²) in [6.45, 7) is 17.3. The van der Waals surface area contributed by atoms with Crippen molar-refractivity contribution in [1.82, 2.24) is 15.1 Å². The molecular formula is C83H166ClF12N3O20. The van der Waals surface area contributed by atoms with E-state index in [9.17, 15) is 96.1 Å². The highest BCUT2D eigenvalue weighted by Crippen LogP contribution is 2.30. The highest BCUT2D eigenvalue weighted by atomic mass is 35.5. The monoisotopic (exact) mass is 1850 g/mol. The van der Waals surface area contributed by atoms with E-state index in [2.05, 4.69) is 19.5 Å². The minimum Gasteiger partial charge on any atom is -0.480 e. The maximum atomic E-state index is 14.7. The van der Waals surface area contributed by atoms with E-state index in [1.165, 1.54) is 106 Å². The average Bonchev–Trinajstić information content (AvgIpc) is 0.825. The fourth-order valence-corrected chi connectivity index (χ4v) is 9.87. The summed E-state index contributed by atoms with van der Waals surface area (Å²) in [4.78, 5) is 101. The molecule has 0 radical (unpaired) electrons. The van der Waals surface area contributed by atoms with Crippen molar-refractivity contribution in [1.29, 1.82) is 0 Å². The van der Waals surface area contributed by atoms with Crippen LogP contribution in [0.1, 0.15) is 235 Å². The van der Waals surface area contributed by atoms with E-state index in [1.807, 2.05) is 6.07 Å². The van der Waals surface area contributed by atoms with E-state index in [1.54, 1.807) is 126 Å². The number of amides is 2. The third-order valence-electron chi connectivity index (χ3n) is 15.3. The van der Waals surface area contributed by atoms with Gasteiger partial charge < -0.3 is 62.9 Å². The van der Waals surface area contributed by atoms with E-state index < -0.39 is 150 Å². The molecule has 0 aliphatic rings. The van der Waals surface area contributed by atoms with Gasteiger partial charge in [-0.05, 0) is 160 Å². The van der Waals surface area contributed by atoms with Crippen molar-refractivity contribution >= 4 is 60.4 Å². The fraction of sp³-hybridized carbons (Fsp3) is 0.470. The minimum atomic E-state index is -4.89. The third kappa shape index (κ3) is 46.4. The Labute approximate surface area is 785 Å². The van der Waals surface area contributed by atoms with Crippen LogP contribution in [0.5, 0.6) is 17.2 Å². The lowest BCUT2D eigenvalue weighted by molar-refractivity contribution is -0.275. The number of ether oxygens (including phenoxy) is 10. The van der Waals surface area contributed by atoms with Gasteiger partial charge in [-0.3, -0.25) is 14.6 Å². The number of carboxylic acids is 1. The normalized spacial score (nSPS) is 15.3. The third-order valence-corrected chi connectivity index (χ3v) is 15.3. The number of aliphatic hydroxyl groups is 1. The molecule has 6 aromatic rings. The van der Waals surface area contributed by atoms with Crippen LogP contribution in [0.4, 0.5) is 62.3 Å². The number of hydrogen-bond donors (Lipinski definition) is 3. The van der Waals surface area contributed by atoms with Gasteiger partial charge in [0.25, 0.3) is 0 Å². The lowest BCUT2D eigenvalue weighted by Gasteiger charge is -2.32. The molecule has 0 saturated heterocycles. The molecule has 0 spiro atoms. The molecule has 0 unspecified atom stereocenters. The van der Waals surface area contributed by atoms with Gasteiger partial charge in [-0.2, -0.15) is 0 Å². The van der Waals surface area contributed by atoms with E-state index in [4.69, 9.17) is 129 Å². The Balaban J connectivity index is -0.0000000504. The Bertz CT molecular complexity index is 4230. The number of hydrogen-bond acceptors (Lipinski definition) is 20. The molecule has 0 aliphatic carbocycles. The van der Waals surface area contributed by atoms with Crippen molar-refractivity contribution < 1.29 is 241 Å². The maximum absolute atomic E-state index is 14.7. The predicted octanol–water partition coefficient (Wildman–Crippen LogP) is 25.0. The second-order valence-electron chi connectivity index (χ2n) is 30.0. The zero-order valence-electron chi connectivity index (χ0n) is 129. The summed E-state index contributed by atoms with van der Waals surface area (Å²) < 4.78 is 507. The van der Waals surface area contributed by atoms with Crippen molar-refractivity contribution in [3.8, 4) is 17.2 Å². The molecular weight excluding hydrogens is 1620 g/mol. The number of benzene rings is 6. The Hall–Kier alpha value is -10.6. The first-order valence-electron chi connectivity index (χ1n) is 67.0. The van der Waals surface area contributed by atoms with Gasteiger partial charge in [-0.1, -0.05) is 135 Å². The van der Waals surface area contributed by atoms with Gasteiger partial charge in [-0.15, -0.1) is 51.9 Å². The number of nitrogens with zero attached hydrogens (tertiary/aromatic N) is 2. The smallest absolute Gasteiger partial charge is 0.480 e. The lowest BCUT2D eigenvalue weighted by Crippen LogP contribution is -2.49. The molecule has 0 bridgehead atoms. The first kappa shape index (κ1) is 64.4. The summed E-state index contributed by atoms with van der Waals surface area (Å²) in [6, 6.07) is 37.0. The minimum absolute atomic E-state index is 0. The zero-order chi connectivity index (χ0) is 151. The van der Waals surface area contributed by atoms with Crippen LogP contribution in [0.15, 0.2) is 164 Å². The topological polar surface area (TPSA) is 288 Å². The Morgan fingerprint density at radius 3 is 0.966 bits per heavy atom. The molecule has 0 aliphatic heterocycles. The van der Waals surface area contributed by atoms with Crippen LogP contribution in [-0.4, -0.2) is 173 Å². The molecule has 0 fully saturated rings. The van der Waals surface area contributed by atoms with Crippen molar-refractivity contribution in [2.24, 2.45) is 0 Å².